The average Bonchev–Trinajstić information content (AvgIpc) is 2.46. The number of aryl methyl sites for hydroxylation is 2. The number of hydrogen-bond donors (Lipinski definition) is 1. The molecule has 0 aliphatic heterocycles. The van der Waals surface area contributed by atoms with Crippen molar-refractivity contribution in [2.45, 2.75) is 38.8 Å². The molecule has 0 saturated carbocycles. The largest absolute Gasteiger partial charge is 0.308 e. The summed E-state index contributed by atoms with van der Waals surface area (Å²) in [6.07, 6.45) is 7.19. The molecule has 3 nitrogen and oxygen atoms in total. The molecule has 2 aromatic rings. The van der Waals surface area contributed by atoms with Crippen LogP contribution in [-0.2, 0) is 19.4 Å². The molecule has 3 rings (SSSR count). The first-order chi connectivity index (χ1) is 9.31. The summed E-state index contributed by atoms with van der Waals surface area (Å²) in [5, 5.41) is 3.60. The molecule has 3 heteroatoms. The van der Waals surface area contributed by atoms with Crippen LogP contribution < -0.4 is 5.32 Å². The molecule has 1 aliphatic rings. The minimum atomic E-state index is 0.554. The summed E-state index contributed by atoms with van der Waals surface area (Å²) in [7, 11) is 0. The van der Waals surface area contributed by atoms with Gasteiger partial charge in [-0.1, -0.05) is 24.3 Å². The molecule has 1 atom stereocenters. The van der Waals surface area contributed by atoms with E-state index in [1.54, 1.807) is 0 Å². The zero-order valence-electron chi connectivity index (χ0n) is 11.3. The third kappa shape index (κ3) is 2.99. The molecule has 19 heavy (non-hydrogen) atoms. The van der Waals surface area contributed by atoms with Crippen molar-refractivity contribution in [1.29, 1.82) is 0 Å². The van der Waals surface area contributed by atoms with Gasteiger partial charge in [-0.25, -0.2) is 0 Å². The molecule has 1 aliphatic carbocycles. The van der Waals surface area contributed by atoms with Crippen LogP contribution in [0.2, 0.25) is 0 Å². The molecule has 0 bridgehead atoms. The van der Waals surface area contributed by atoms with Gasteiger partial charge in [0.05, 0.1) is 11.4 Å². The molecule has 0 radical (unpaired) electrons. The number of hydrogen-bond acceptors (Lipinski definition) is 3. The molecule has 1 unspecified atom stereocenters. The van der Waals surface area contributed by atoms with E-state index in [4.69, 9.17) is 0 Å². The van der Waals surface area contributed by atoms with Crippen LogP contribution in [0.1, 0.15) is 28.9 Å². The van der Waals surface area contributed by atoms with Crippen LogP contribution in [0.4, 0.5) is 0 Å². The van der Waals surface area contributed by atoms with E-state index in [0.717, 1.165) is 24.4 Å². The Hall–Kier alpha value is -1.74. The van der Waals surface area contributed by atoms with Gasteiger partial charge in [0, 0.05) is 25.0 Å². The predicted octanol–water partition coefficient (Wildman–Crippen LogP) is 2.43. The maximum absolute atomic E-state index is 4.38. The first-order valence-corrected chi connectivity index (χ1v) is 6.89. The fraction of sp³-hybridized carbons (Fsp3) is 0.375. The fourth-order valence-corrected chi connectivity index (χ4v) is 2.63. The summed E-state index contributed by atoms with van der Waals surface area (Å²) in [4.78, 5) is 8.66. The highest BCUT2D eigenvalue weighted by Crippen LogP contribution is 2.21. The lowest BCUT2D eigenvalue weighted by Gasteiger charge is -2.25. The standard InChI is InChI=1S/C16H19N3/c1-12-9-18-16(10-17-12)11-19-15-7-6-13-4-2-3-5-14(13)8-15/h2-5,9-10,15,19H,6-8,11H2,1H3. The van der Waals surface area contributed by atoms with Crippen molar-refractivity contribution in [2.24, 2.45) is 0 Å². The number of nitrogens with one attached hydrogen (secondary N) is 1. The summed E-state index contributed by atoms with van der Waals surface area (Å²) in [5.74, 6) is 0. The summed E-state index contributed by atoms with van der Waals surface area (Å²) in [5.41, 5.74) is 4.98. The van der Waals surface area contributed by atoms with E-state index in [9.17, 15) is 0 Å². The summed E-state index contributed by atoms with van der Waals surface area (Å²) in [6.45, 7) is 2.77. The smallest absolute Gasteiger partial charge is 0.0724 e. The molecule has 1 heterocycles. The van der Waals surface area contributed by atoms with Crippen LogP contribution in [0.3, 0.4) is 0 Å². The second-order valence-corrected chi connectivity index (χ2v) is 5.24. The van der Waals surface area contributed by atoms with Crippen molar-refractivity contribution in [1.82, 2.24) is 15.3 Å². The number of benzene rings is 1. The highest BCUT2D eigenvalue weighted by atomic mass is 14.9. The SMILES string of the molecule is Cc1cnc(CNC2CCc3ccccc3C2)cn1. The lowest BCUT2D eigenvalue weighted by Crippen LogP contribution is -2.34. The average molecular weight is 253 g/mol. The number of aromatic nitrogens is 2. The van der Waals surface area contributed by atoms with Crippen LogP contribution in [0.15, 0.2) is 36.7 Å². The zero-order valence-corrected chi connectivity index (χ0v) is 11.3. The molecule has 0 saturated heterocycles. The molecular formula is C16H19N3. The summed E-state index contributed by atoms with van der Waals surface area (Å²) >= 11 is 0. The third-order valence-electron chi connectivity index (χ3n) is 3.75. The zero-order chi connectivity index (χ0) is 13.1. The first-order valence-electron chi connectivity index (χ1n) is 6.89. The van der Waals surface area contributed by atoms with E-state index in [2.05, 4.69) is 39.6 Å². The van der Waals surface area contributed by atoms with Crippen molar-refractivity contribution in [3.63, 3.8) is 0 Å². The Morgan fingerprint density at radius 3 is 2.79 bits per heavy atom. The van der Waals surface area contributed by atoms with Gasteiger partial charge >= 0.3 is 0 Å². The van der Waals surface area contributed by atoms with Crippen molar-refractivity contribution in [3.05, 3.63) is 59.2 Å². The van der Waals surface area contributed by atoms with E-state index >= 15 is 0 Å². The highest BCUT2D eigenvalue weighted by Gasteiger charge is 2.17. The van der Waals surface area contributed by atoms with Crippen molar-refractivity contribution < 1.29 is 0 Å². The van der Waals surface area contributed by atoms with Crippen LogP contribution in [0.25, 0.3) is 0 Å². The Bertz CT molecular complexity index is 548. The van der Waals surface area contributed by atoms with Gasteiger partial charge in [0.1, 0.15) is 0 Å². The Kier molecular flexibility index (Phi) is 3.56. The molecule has 0 fully saturated rings. The molecule has 1 N–H and O–H groups in total. The van der Waals surface area contributed by atoms with Gasteiger partial charge in [-0.05, 0) is 37.3 Å². The first kappa shape index (κ1) is 12.3. The maximum Gasteiger partial charge on any atom is 0.0724 e. The third-order valence-corrected chi connectivity index (χ3v) is 3.75. The molecule has 1 aromatic carbocycles. The van der Waals surface area contributed by atoms with Gasteiger partial charge in [-0.3, -0.25) is 9.97 Å². The highest BCUT2D eigenvalue weighted by molar-refractivity contribution is 5.30. The molecule has 0 spiro atoms. The van der Waals surface area contributed by atoms with Crippen molar-refractivity contribution >= 4 is 0 Å². The Balaban J connectivity index is 1.59. The molecule has 0 amide bonds. The lowest BCUT2D eigenvalue weighted by molar-refractivity contribution is 0.454. The van der Waals surface area contributed by atoms with Gasteiger partial charge in [-0.2, -0.15) is 0 Å². The van der Waals surface area contributed by atoms with E-state index in [1.807, 2.05) is 19.3 Å². The Morgan fingerprint density at radius 1 is 1.16 bits per heavy atom. The fourth-order valence-electron chi connectivity index (χ4n) is 2.63. The molecular weight excluding hydrogens is 234 g/mol. The second-order valence-electron chi connectivity index (χ2n) is 5.24. The number of fused-ring (bicyclic) bond motifs is 1. The summed E-state index contributed by atoms with van der Waals surface area (Å²) in [6, 6.07) is 9.31. The van der Waals surface area contributed by atoms with Gasteiger partial charge in [0.15, 0.2) is 0 Å². The van der Waals surface area contributed by atoms with Crippen LogP contribution in [0, 0.1) is 6.92 Å². The topological polar surface area (TPSA) is 37.8 Å². The number of rotatable bonds is 3. The molecule has 1 aromatic heterocycles. The van der Waals surface area contributed by atoms with Gasteiger partial charge in [0.2, 0.25) is 0 Å². The quantitative estimate of drug-likeness (QED) is 0.913. The predicted molar refractivity (Wildman–Crippen MR) is 75.9 cm³/mol. The number of nitrogens with zero attached hydrogens (tertiary/aromatic N) is 2. The second kappa shape index (κ2) is 5.49. The van der Waals surface area contributed by atoms with Gasteiger partial charge in [0.25, 0.3) is 0 Å². The monoisotopic (exact) mass is 253 g/mol. The van der Waals surface area contributed by atoms with Crippen LogP contribution >= 0.6 is 0 Å². The lowest BCUT2D eigenvalue weighted by atomic mass is 9.88. The van der Waals surface area contributed by atoms with Gasteiger partial charge < -0.3 is 5.32 Å². The van der Waals surface area contributed by atoms with Crippen molar-refractivity contribution in [3.8, 4) is 0 Å². The minimum absolute atomic E-state index is 0.554. The van der Waals surface area contributed by atoms with E-state index in [0.29, 0.717) is 6.04 Å². The van der Waals surface area contributed by atoms with E-state index < -0.39 is 0 Å². The van der Waals surface area contributed by atoms with E-state index in [1.165, 1.54) is 24.0 Å². The minimum Gasteiger partial charge on any atom is -0.308 e. The van der Waals surface area contributed by atoms with Gasteiger partial charge in [-0.15, -0.1) is 0 Å². The Labute approximate surface area is 114 Å². The van der Waals surface area contributed by atoms with Crippen LogP contribution in [-0.4, -0.2) is 16.0 Å². The van der Waals surface area contributed by atoms with E-state index in [-0.39, 0.29) is 0 Å². The van der Waals surface area contributed by atoms with Crippen molar-refractivity contribution in [2.75, 3.05) is 0 Å². The maximum atomic E-state index is 4.38. The van der Waals surface area contributed by atoms with Crippen LogP contribution in [0.5, 0.6) is 0 Å². The normalized spacial score (nSPS) is 18.1. The summed E-state index contributed by atoms with van der Waals surface area (Å²) < 4.78 is 0. The Morgan fingerprint density at radius 2 is 2.00 bits per heavy atom. The molecule has 98 valence electrons.